The Morgan fingerprint density at radius 3 is 2.71 bits per heavy atom. The van der Waals surface area contributed by atoms with E-state index in [4.69, 9.17) is 4.74 Å². The molecule has 1 heterocycles. The second-order valence-corrected chi connectivity index (χ2v) is 5.29. The van der Waals surface area contributed by atoms with E-state index in [-0.39, 0.29) is 19.0 Å². The van der Waals surface area contributed by atoms with Crippen molar-refractivity contribution in [3.8, 4) is 0 Å². The van der Waals surface area contributed by atoms with Crippen LogP contribution in [0.25, 0.3) is 0 Å². The molecule has 0 aliphatic rings. The lowest BCUT2D eigenvalue weighted by Gasteiger charge is -2.07. The summed E-state index contributed by atoms with van der Waals surface area (Å²) in [7, 11) is 0. The molecule has 0 unspecified atom stereocenters. The van der Waals surface area contributed by atoms with E-state index >= 15 is 0 Å². The number of carbonyl (C=O) groups is 2. The van der Waals surface area contributed by atoms with Crippen LogP contribution in [0.5, 0.6) is 0 Å². The molecule has 0 atom stereocenters. The zero-order chi connectivity index (χ0) is 15.2. The lowest BCUT2D eigenvalue weighted by atomic mass is 10.2. The molecule has 0 aliphatic heterocycles. The highest BCUT2D eigenvalue weighted by Crippen LogP contribution is 2.16. The molecule has 6 heteroatoms. The number of benzene rings is 1. The third-order valence-electron chi connectivity index (χ3n) is 2.82. The van der Waals surface area contributed by atoms with Crippen LogP contribution in [-0.4, -0.2) is 18.5 Å². The Hall–Kier alpha value is -2.21. The normalized spacial score (nSPS) is 10.2. The molecule has 110 valence electrons. The fraction of sp³-hybridized carbons (Fsp3) is 0.200. The van der Waals surface area contributed by atoms with Crippen molar-refractivity contribution in [2.75, 3.05) is 6.61 Å². The van der Waals surface area contributed by atoms with Crippen molar-refractivity contribution in [3.63, 3.8) is 0 Å². The van der Waals surface area contributed by atoms with E-state index in [9.17, 15) is 14.0 Å². The molecule has 0 bridgehead atoms. The number of aryl methyl sites for hydroxylation is 1. The molecule has 21 heavy (non-hydrogen) atoms. The van der Waals surface area contributed by atoms with E-state index in [1.165, 1.54) is 17.4 Å². The lowest BCUT2D eigenvalue weighted by molar-refractivity contribution is -0.124. The van der Waals surface area contributed by atoms with Crippen molar-refractivity contribution in [2.24, 2.45) is 0 Å². The molecular formula is C15H14FNO3S. The fourth-order valence-corrected chi connectivity index (χ4v) is 2.48. The van der Waals surface area contributed by atoms with Crippen molar-refractivity contribution in [3.05, 3.63) is 57.5 Å². The highest BCUT2D eigenvalue weighted by atomic mass is 32.1. The fourth-order valence-electron chi connectivity index (χ4n) is 1.67. The summed E-state index contributed by atoms with van der Waals surface area (Å²) in [5.41, 5.74) is 1.20. The van der Waals surface area contributed by atoms with Crippen LogP contribution in [0.15, 0.2) is 35.7 Å². The third kappa shape index (κ3) is 4.13. The highest BCUT2D eigenvalue weighted by Gasteiger charge is 2.13. The van der Waals surface area contributed by atoms with Crippen molar-refractivity contribution < 1.29 is 18.7 Å². The summed E-state index contributed by atoms with van der Waals surface area (Å²) in [4.78, 5) is 23.8. The van der Waals surface area contributed by atoms with E-state index in [0.717, 1.165) is 5.56 Å². The second-order valence-electron chi connectivity index (χ2n) is 4.38. The Kier molecular flexibility index (Phi) is 5.05. The average molecular weight is 307 g/mol. The molecule has 0 radical (unpaired) electrons. The van der Waals surface area contributed by atoms with E-state index in [1.54, 1.807) is 36.6 Å². The van der Waals surface area contributed by atoms with Crippen LogP contribution in [0.4, 0.5) is 4.39 Å². The van der Waals surface area contributed by atoms with E-state index in [1.807, 2.05) is 0 Å². The topological polar surface area (TPSA) is 55.4 Å². The summed E-state index contributed by atoms with van der Waals surface area (Å²) in [6.45, 7) is 1.47. The predicted molar refractivity (Wildman–Crippen MR) is 77.6 cm³/mol. The number of esters is 1. The van der Waals surface area contributed by atoms with Crippen molar-refractivity contribution in [1.82, 2.24) is 5.32 Å². The van der Waals surface area contributed by atoms with Crippen LogP contribution in [0, 0.1) is 12.7 Å². The lowest BCUT2D eigenvalue weighted by Crippen LogP contribution is -2.28. The molecular weight excluding hydrogens is 293 g/mol. The molecule has 0 aliphatic carbocycles. The van der Waals surface area contributed by atoms with Crippen LogP contribution in [0.2, 0.25) is 0 Å². The van der Waals surface area contributed by atoms with E-state index in [2.05, 4.69) is 5.32 Å². The van der Waals surface area contributed by atoms with Crippen molar-refractivity contribution >= 4 is 23.2 Å². The molecule has 1 amide bonds. The van der Waals surface area contributed by atoms with Gasteiger partial charge in [-0.15, -0.1) is 11.3 Å². The van der Waals surface area contributed by atoms with Crippen molar-refractivity contribution in [1.29, 1.82) is 0 Å². The van der Waals surface area contributed by atoms with Gasteiger partial charge in [0.1, 0.15) is 10.7 Å². The highest BCUT2D eigenvalue weighted by molar-refractivity contribution is 7.12. The summed E-state index contributed by atoms with van der Waals surface area (Å²) < 4.78 is 18.3. The van der Waals surface area contributed by atoms with Gasteiger partial charge in [-0.05, 0) is 30.0 Å². The number of hydrogen-bond acceptors (Lipinski definition) is 4. The molecule has 1 N–H and O–H groups in total. The van der Waals surface area contributed by atoms with Gasteiger partial charge in [-0.25, -0.2) is 9.18 Å². The summed E-state index contributed by atoms with van der Waals surface area (Å²) in [6, 6.07) is 7.97. The molecule has 4 nitrogen and oxygen atoms in total. The Morgan fingerprint density at radius 1 is 1.29 bits per heavy atom. The minimum Gasteiger partial charge on any atom is -0.451 e. The minimum atomic E-state index is -0.524. The molecule has 1 aromatic carbocycles. The number of halogens is 1. The maximum absolute atomic E-state index is 13.3. The first-order chi connectivity index (χ1) is 10.1. The Balaban J connectivity index is 1.79. The number of ether oxygens (including phenoxy) is 1. The Morgan fingerprint density at radius 2 is 2.05 bits per heavy atom. The van der Waals surface area contributed by atoms with Gasteiger partial charge in [-0.3, -0.25) is 4.79 Å². The molecule has 0 saturated carbocycles. The van der Waals surface area contributed by atoms with Gasteiger partial charge in [0, 0.05) is 12.1 Å². The zero-order valence-electron chi connectivity index (χ0n) is 11.4. The smallest absolute Gasteiger partial charge is 0.349 e. The van der Waals surface area contributed by atoms with Gasteiger partial charge in [0.25, 0.3) is 5.91 Å². The number of hydrogen-bond donors (Lipinski definition) is 1. The Bertz CT molecular complexity index is 654. The average Bonchev–Trinajstić information content (AvgIpc) is 2.90. The zero-order valence-corrected chi connectivity index (χ0v) is 12.2. The van der Waals surface area contributed by atoms with Gasteiger partial charge in [0.05, 0.1) is 0 Å². The van der Waals surface area contributed by atoms with Crippen LogP contribution in [0.1, 0.15) is 20.8 Å². The quantitative estimate of drug-likeness (QED) is 0.864. The number of carbonyl (C=O) groups excluding carboxylic acids is 2. The minimum absolute atomic E-state index is 0.0566. The number of amides is 1. The van der Waals surface area contributed by atoms with Gasteiger partial charge in [0.15, 0.2) is 6.61 Å². The molecule has 0 saturated heterocycles. The number of thiophene rings is 1. The maximum Gasteiger partial charge on any atom is 0.349 e. The SMILES string of the molecule is Cc1ccsc1C(=O)OCC(=O)NCc1ccccc1F. The molecule has 2 aromatic rings. The van der Waals surface area contributed by atoms with Gasteiger partial charge >= 0.3 is 5.97 Å². The second kappa shape index (κ2) is 6.99. The van der Waals surface area contributed by atoms with E-state index < -0.39 is 11.9 Å². The molecule has 1 aromatic heterocycles. The molecule has 2 rings (SSSR count). The van der Waals surface area contributed by atoms with Gasteiger partial charge in [-0.2, -0.15) is 0 Å². The molecule has 0 fully saturated rings. The predicted octanol–water partition coefficient (Wildman–Crippen LogP) is 2.67. The summed E-state index contributed by atoms with van der Waals surface area (Å²) in [6.07, 6.45) is 0. The first-order valence-electron chi connectivity index (χ1n) is 6.29. The largest absolute Gasteiger partial charge is 0.451 e. The number of rotatable bonds is 5. The standard InChI is InChI=1S/C15H14FNO3S/c1-10-6-7-21-14(10)15(19)20-9-13(18)17-8-11-4-2-3-5-12(11)16/h2-7H,8-9H2,1H3,(H,17,18). The van der Waals surface area contributed by atoms with Gasteiger partial charge in [-0.1, -0.05) is 18.2 Å². The van der Waals surface area contributed by atoms with Crippen LogP contribution in [-0.2, 0) is 16.1 Å². The molecule has 0 spiro atoms. The first-order valence-corrected chi connectivity index (χ1v) is 7.17. The summed E-state index contributed by atoms with van der Waals surface area (Å²) in [5.74, 6) is -1.38. The first kappa shape index (κ1) is 15.2. The third-order valence-corrected chi connectivity index (χ3v) is 3.81. The summed E-state index contributed by atoms with van der Waals surface area (Å²) in [5, 5.41) is 4.28. The summed E-state index contributed by atoms with van der Waals surface area (Å²) >= 11 is 1.27. The van der Waals surface area contributed by atoms with Crippen LogP contribution in [0.3, 0.4) is 0 Å². The van der Waals surface area contributed by atoms with Crippen molar-refractivity contribution in [2.45, 2.75) is 13.5 Å². The van der Waals surface area contributed by atoms with Crippen LogP contribution < -0.4 is 5.32 Å². The van der Waals surface area contributed by atoms with Gasteiger partial charge < -0.3 is 10.1 Å². The van der Waals surface area contributed by atoms with Gasteiger partial charge in [0.2, 0.25) is 0 Å². The van der Waals surface area contributed by atoms with Crippen LogP contribution >= 0.6 is 11.3 Å². The Labute approximate surface area is 125 Å². The maximum atomic E-state index is 13.3. The monoisotopic (exact) mass is 307 g/mol. The number of nitrogens with one attached hydrogen (secondary N) is 1. The van der Waals surface area contributed by atoms with E-state index in [0.29, 0.717) is 10.4 Å².